The maximum atomic E-state index is 11.9. The molecule has 1 saturated carbocycles. The molecule has 1 amide bonds. The van der Waals surface area contributed by atoms with Crippen molar-refractivity contribution < 1.29 is 4.79 Å². The van der Waals surface area contributed by atoms with Crippen LogP contribution in [0.15, 0.2) is 24.3 Å². The Labute approximate surface area is 156 Å². The summed E-state index contributed by atoms with van der Waals surface area (Å²) >= 11 is 6.82. The summed E-state index contributed by atoms with van der Waals surface area (Å²) in [6, 6.07) is 8.68. The number of amides is 1. The van der Waals surface area contributed by atoms with Crippen molar-refractivity contribution >= 4 is 40.3 Å². The monoisotopic (exact) mass is 377 g/mol. The van der Waals surface area contributed by atoms with Crippen molar-refractivity contribution in [2.75, 3.05) is 18.9 Å². The van der Waals surface area contributed by atoms with Crippen LogP contribution < -0.4 is 10.6 Å². The number of hydrogen-bond donors (Lipinski definition) is 2. The van der Waals surface area contributed by atoms with Crippen LogP contribution in [0.2, 0.25) is 0 Å². The number of carbonyl (C=O) groups is 1. The quantitative estimate of drug-likeness (QED) is 0.692. The number of benzene rings is 1. The van der Waals surface area contributed by atoms with Gasteiger partial charge in [-0.2, -0.15) is 0 Å². The number of nitrogens with one attached hydrogen (secondary N) is 2. The summed E-state index contributed by atoms with van der Waals surface area (Å²) in [5, 5.41) is 11.5. The molecule has 0 aliphatic heterocycles. The maximum Gasteiger partial charge on any atom is 0.234 e. The summed E-state index contributed by atoms with van der Waals surface area (Å²) in [6.45, 7) is 2.97. The molecule has 1 aromatic carbocycles. The van der Waals surface area contributed by atoms with Gasteiger partial charge in [-0.1, -0.05) is 30.4 Å². The molecule has 6 nitrogen and oxygen atoms in total. The van der Waals surface area contributed by atoms with Crippen molar-refractivity contribution in [1.29, 1.82) is 0 Å². The van der Waals surface area contributed by atoms with Crippen molar-refractivity contribution in [3.63, 3.8) is 0 Å². The lowest BCUT2D eigenvalue weighted by molar-refractivity contribution is -0.122. The van der Waals surface area contributed by atoms with E-state index in [1.54, 1.807) is 4.68 Å². The molecule has 1 fully saturated rings. The van der Waals surface area contributed by atoms with Crippen LogP contribution in [0.5, 0.6) is 0 Å². The molecule has 0 spiro atoms. The average molecular weight is 378 g/mol. The van der Waals surface area contributed by atoms with Crippen LogP contribution in [0, 0.1) is 3.95 Å². The van der Waals surface area contributed by atoms with E-state index in [1.165, 1.54) is 16.9 Å². The minimum absolute atomic E-state index is 0.0566. The third kappa shape index (κ3) is 5.35. The van der Waals surface area contributed by atoms with Crippen LogP contribution in [-0.4, -0.2) is 40.2 Å². The highest BCUT2D eigenvalue weighted by atomic mass is 32.1. The Balaban J connectivity index is 1.57. The first-order valence-corrected chi connectivity index (χ1v) is 9.68. The maximum absolute atomic E-state index is 11.9. The predicted molar refractivity (Wildman–Crippen MR) is 104 cm³/mol. The van der Waals surface area contributed by atoms with Gasteiger partial charge in [0.15, 0.2) is 3.95 Å². The largest absolute Gasteiger partial charge is 0.352 e. The number of anilines is 2. The molecular weight excluding hydrogens is 354 g/mol. The van der Waals surface area contributed by atoms with E-state index in [4.69, 9.17) is 12.2 Å². The van der Waals surface area contributed by atoms with Crippen LogP contribution in [0.1, 0.15) is 25.3 Å². The van der Waals surface area contributed by atoms with E-state index in [1.807, 2.05) is 24.1 Å². The Morgan fingerprint density at radius 2 is 2.12 bits per heavy atom. The Morgan fingerprint density at radius 1 is 1.40 bits per heavy atom. The summed E-state index contributed by atoms with van der Waals surface area (Å²) < 4.78 is 2.43. The van der Waals surface area contributed by atoms with Crippen LogP contribution in [0.25, 0.3) is 0 Å². The standard InChI is InChI=1S/C17H23N5OS2/c1-3-12-4-6-14(7-5-12)19-16-20-22(17(24)25-16)11-21(2)10-15(23)18-13-8-9-13/h4-7,13H,3,8-11H2,1-2H3,(H,18,23)(H,19,20). The second-order valence-corrected chi connectivity index (χ2v) is 7.97. The van der Waals surface area contributed by atoms with Gasteiger partial charge in [0.2, 0.25) is 11.0 Å². The summed E-state index contributed by atoms with van der Waals surface area (Å²) in [6.07, 6.45) is 3.22. The van der Waals surface area contributed by atoms with Gasteiger partial charge in [0, 0.05) is 11.7 Å². The predicted octanol–water partition coefficient (Wildman–Crippen LogP) is 3.15. The van der Waals surface area contributed by atoms with Gasteiger partial charge in [-0.05, 0) is 56.2 Å². The fraction of sp³-hybridized carbons (Fsp3) is 0.471. The Kier molecular flexibility index (Phi) is 5.82. The molecule has 0 radical (unpaired) electrons. The topological polar surface area (TPSA) is 62.2 Å². The zero-order valence-electron chi connectivity index (χ0n) is 14.5. The Bertz CT molecular complexity index is 779. The van der Waals surface area contributed by atoms with E-state index in [2.05, 4.69) is 34.8 Å². The molecular formula is C17H23N5OS2. The van der Waals surface area contributed by atoms with E-state index in [-0.39, 0.29) is 5.91 Å². The van der Waals surface area contributed by atoms with Gasteiger partial charge < -0.3 is 10.6 Å². The molecule has 8 heteroatoms. The molecule has 0 bridgehead atoms. The smallest absolute Gasteiger partial charge is 0.234 e. The molecule has 1 aliphatic carbocycles. The van der Waals surface area contributed by atoms with E-state index >= 15 is 0 Å². The fourth-order valence-electron chi connectivity index (χ4n) is 2.42. The first-order chi connectivity index (χ1) is 12.0. The number of hydrogen-bond acceptors (Lipinski definition) is 6. The van der Waals surface area contributed by atoms with E-state index in [0.29, 0.717) is 23.2 Å². The highest BCUT2D eigenvalue weighted by molar-refractivity contribution is 7.73. The summed E-state index contributed by atoms with van der Waals surface area (Å²) in [7, 11) is 1.89. The van der Waals surface area contributed by atoms with Crippen molar-refractivity contribution in [2.24, 2.45) is 0 Å². The van der Waals surface area contributed by atoms with E-state index < -0.39 is 0 Å². The number of carbonyl (C=O) groups excluding carboxylic acids is 1. The van der Waals surface area contributed by atoms with Crippen molar-refractivity contribution in [3.8, 4) is 0 Å². The van der Waals surface area contributed by atoms with Crippen LogP contribution >= 0.6 is 23.6 Å². The highest BCUT2D eigenvalue weighted by Crippen LogP contribution is 2.21. The van der Waals surface area contributed by atoms with Crippen molar-refractivity contribution in [3.05, 3.63) is 33.8 Å². The normalized spacial score (nSPS) is 13.9. The SMILES string of the molecule is CCc1ccc(Nc2nn(CN(C)CC(=O)NC3CC3)c(=S)s2)cc1. The second kappa shape index (κ2) is 8.07. The van der Waals surface area contributed by atoms with Gasteiger partial charge in [-0.15, -0.1) is 5.10 Å². The lowest BCUT2D eigenvalue weighted by atomic mass is 10.1. The summed E-state index contributed by atoms with van der Waals surface area (Å²) in [4.78, 5) is 13.8. The zero-order chi connectivity index (χ0) is 17.8. The molecule has 0 atom stereocenters. The van der Waals surface area contributed by atoms with Crippen LogP contribution in [-0.2, 0) is 17.9 Å². The van der Waals surface area contributed by atoms with Crippen molar-refractivity contribution in [2.45, 2.75) is 38.9 Å². The number of rotatable bonds is 8. The van der Waals surface area contributed by atoms with Crippen molar-refractivity contribution in [1.82, 2.24) is 20.0 Å². The van der Waals surface area contributed by atoms with Gasteiger partial charge >= 0.3 is 0 Å². The minimum atomic E-state index is 0.0566. The summed E-state index contributed by atoms with van der Waals surface area (Å²) in [5.74, 6) is 0.0566. The second-order valence-electron chi connectivity index (χ2n) is 6.35. The van der Waals surface area contributed by atoms with Gasteiger partial charge in [0.05, 0.1) is 13.2 Å². The van der Waals surface area contributed by atoms with Crippen LogP contribution in [0.4, 0.5) is 10.8 Å². The number of nitrogens with zero attached hydrogens (tertiary/aromatic N) is 3. The third-order valence-electron chi connectivity index (χ3n) is 3.95. The lowest BCUT2D eigenvalue weighted by Gasteiger charge is -2.15. The number of likely N-dealkylation sites (N-methyl/N-ethyl adjacent to an activating group) is 1. The zero-order valence-corrected chi connectivity index (χ0v) is 16.1. The molecule has 2 aromatic rings. The first kappa shape index (κ1) is 18.0. The molecule has 1 heterocycles. The van der Waals surface area contributed by atoms with E-state index in [0.717, 1.165) is 30.1 Å². The Hall–Kier alpha value is -1.77. The highest BCUT2D eigenvalue weighted by Gasteiger charge is 2.23. The minimum Gasteiger partial charge on any atom is -0.352 e. The number of aromatic nitrogens is 2. The Morgan fingerprint density at radius 3 is 2.76 bits per heavy atom. The third-order valence-corrected chi connectivity index (χ3v) is 5.17. The van der Waals surface area contributed by atoms with E-state index in [9.17, 15) is 4.79 Å². The fourth-order valence-corrected chi connectivity index (χ4v) is 3.43. The lowest BCUT2D eigenvalue weighted by Crippen LogP contribution is -2.37. The van der Waals surface area contributed by atoms with Gasteiger partial charge in [0.25, 0.3) is 0 Å². The number of aryl methyl sites for hydroxylation is 1. The first-order valence-electron chi connectivity index (χ1n) is 8.45. The molecule has 0 saturated heterocycles. The van der Waals surface area contributed by atoms with Crippen LogP contribution in [0.3, 0.4) is 0 Å². The molecule has 2 N–H and O–H groups in total. The molecule has 1 aromatic heterocycles. The van der Waals surface area contributed by atoms with Gasteiger partial charge in [0.1, 0.15) is 0 Å². The molecule has 1 aliphatic rings. The average Bonchev–Trinajstić information content (AvgIpc) is 3.31. The van der Waals surface area contributed by atoms with Gasteiger partial charge in [-0.3, -0.25) is 9.69 Å². The molecule has 25 heavy (non-hydrogen) atoms. The molecule has 134 valence electrons. The molecule has 3 rings (SSSR count). The molecule has 0 unspecified atom stereocenters. The summed E-state index contributed by atoms with van der Waals surface area (Å²) in [5.41, 5.74) is 2.29. The van der Waals surface area contributed by atoms with Gasteiger partial charge in [-0.25, -0.2) is 4.68 Å².